The molecule has 2 aromatic carbocycles. The Balaban J connectivity index is 0.636. The molecule has 5 aliphatic rings. The SMILES string of the molecule is CC1(N)CCN(c2cnc(Sc3cccc(NC(=O)CCCCCCC(=O)N4CC5(CCN(c6ccc(C(=O)NCc7ccc8c(c7)CN(C7CCC(=O)NC7=O)C8=O)nn6)C5)C4)c3)cn2)CC1. The van der Waals surface area contributed by atoms with Crippen LogP contribution in [0.15, 0.2) is 76.9 Å². The fraction of sp³-hybridized carbons (Fsp3) is 0.469. The number of anilines is 3. The molecule has 0 bridgehead atoms. The number of rotatable bonds is 16. The summed E-state index contributed by atoms with van der Waals surface area (Å²) in [6.07, 6.45) is 11.1. The second-order valence-corrected chi connectivity index (χ2v) is 20.3. The molecule has 4 fully saturated rings. The van der Waals surface area contributed by atoms with Gasteiger partial charge in [0.2, 0.25) is 23.6 Å². The van der Waals surface area contributed by atoms with E-state index in [9.17, 15) is 28.8 Å². The van der Waals surface area contributed by atoms with Crippen molar-refractivity contribution < 1.29 is 28.8 Å². The van der Waals surface area contributed by atoms with Gasteiger partial charge in [0.15, 0.2) is 11.5 Å². The molecule has 4 aromatic rings. The first-order chi connectivity index (χ1) is 32.8. The van der Waals surface area contributed by atoms with Crippen molar-refractivity contribution in [2.45, 2.75) is 112 Å². The number of carbonyl (C=O) groups is 6. The Bertz CT molecular complexity index is 2560. The van der Waals surface area contributed by atoms with Crippen molar-refractivity contribution in [1.29, 1.82) is 0 Å². The molecule has 356 valence electrons. The third kappa shape index (κ3) is 10.9. The molecule has 18 nitrogen and oxygen atoms in total. The van der Waals surface area contributed by atoms with E-state index in [0.717, 1.165) is 117 Å². The number of piperidine rings is 2. The number of amides is 6. The van der Waals surface area contributed by atoms with Crippen LogP contribution in [0.1, 0.15) is 110 Å². The van der Waals surface area contributed by atoms with Crippen LogP contribution in [0.5, 0.6) is 0 Å². The maximum absolute atomic E-state index is 13.0. The highest BCUT2D eigenvalue weighted by molar-refractivity contribution is 7.99. The van der Waals surface area contributed by atoms with Gasteiger partial charge in [-0.15, -0.1) is 10.2 Å². The van der Waals surface area contributed by atoms with E-state index in [-0.39, 0.29) is 65.7 Å². The Morgan fingerprint density at radius 1 is 0.853 bits per heavy atom. The van der Waals surface area contributed by atoms with Gasteiger partial charge in [-0.2, -0.15) is 0 Å². The summed E-state index contributed by atoms with van der Waals surface area (Å²) in [4.78, 5) is 93.9. The number of nitrogens with one attached hydrogen (secondary N) is 3. The van der Waals surface area contributed by atoms with Crippen molar-refractivity contribution in [3.8, 4) is 0 Å². The van der Waals surface area contributed by atoms with E-state index in [4.69, 9.17) is 5.73 Å². The van der Waals surface area contributed by atoms with Crippen LogP contribution in [0.25, 0.3) is 0 Å². The fourth-order valence-corrected chi connectivity index (χ4v) is 10.6. The molecule has 6 amide bonds. The van der Waals surface area contributed by atoms with E-state index in [1.54, 1.807) is 30.5 Å². The zero-order chi connectivity index (χ0) is 47.4. The Morgan fingerprint density at radius 3 is 2.40 bits per heavy atom. The van der Waals surface area contributed by atoms with Crippen LogP contribution in [0.4, 0.5) is 17.3 Å². The van der Waals surface area contributed by atoms with Gasteiger partial charge in [-0.1, -0.05) is 42.8 Å². The molecule has 1 atom stereocenters. The lowest BCUT2D eigenvalue weighted by Gasteiger charge is -2.48. The lowest BCUT2D eigenvalue weighted by molar-refractivity contribution is -0.142. The summed E-state index contributed by atoms with van der Waals surface area (Å²) in [7, 11) is 0. The van der Waals surface area contributed by atoms with E-state index in [0.29, 0.717) is 30.6 Å². The summed E-state index contributed by atoms with van der Waals surface area (Å²) in [6.45, 7) is 7.30. The molecule has 7 heterocycles. The van der Waals surface area contributed by atoms with Crippen molar-refractivity contribution in [3.05, 3.63) is 89.4 Å². The highest BCUT2D eigenvalue weighted by atomic mass is 32.2. The lowest BCUT2D eigenvalue weighted by Crippen LogP contribution is -2.59. The topological polar surface area (TPSA) is 229 Å². The van der Waals surface area contributed by atoms with Crippen LogP contribution in [-0.2, 0) is 32.3 Å². The summed E-state index contributed by atoms with van der Waals surface area (Å²) < 4.78 is 0. The minimum Gasteiger partial charge on any atom is -0.355 e. The number of benzene rings is 2. The summed E-state index contributed by atoms with van der Waals surface area (Å²) in [5.41, 5.74) is 9.19. The predicted octanol–water partition coefficient (Wildman–Crippen LogP) is 4.44. The third-order valence-electron chi connectivity index (χ3n) is 13.8. The van der Waals surface area contributed by atoms with Crippen molar-refractivity contribution in [3.63, 3.8) is 0 Å². The number of aromatic nitrogens is 4. The van der Waals surface area contributed by atoms with Gasteiger partial charge in [-0.25, -0.2) is 9.97 Å². The Kier molecular flexibility index (Phi) is 13.7. The highest BCUT2D eigenvalue weighted by Gasteiger charge is 2.49. The zero-order valence-corrected chi connectivity index (χ0v) is 39.2. The van der Waals surface area contributed by atoms with Crippen LogP contribution in [0.2, 0.25) is 0 Å². The minimum atomic E-state index is -0.687. The number of fused-ring (bicyclic) bond motifs is 1. The molecule has 2 aromatic heterocycles. The first-order valence-electron chi connectivity index (χ1n) is 23.6. The van der Waals surface area contributed by atoms with Crippen LogP contribution in [-0.4, -0.2) is 116 Å². The largest absolute Gasteiger partial charge is 0.355 e. The monoisotopic (exact) mass is 942 g/mol. The number of nitrogens with zero attached hydrogens (tertiary/aromatic N) is 8. The van der Waals surface area contributed by atoms with Gasteiger partial charge in [0.25, 0.3) is 11.8 Å². The number of unbranched alkanes of at least 4 members (excludes halogenated alkanes) is 3. The van der Waals surface area contributed by atoms with E-state index in [2.05, 4.69) is 52.8 Å². The second kappa shape index (κ2) is 20.0. The lowest BCUT2D eigenvalue weighted by atomic mass is 9.79. The first kappa shape index (κ1) is 46.6. The summed E-state index contributed by atoms with van der Waals surface area (Å²) in [6, 6.07) is 15.9. The molecule has 5 aliphatic heterocycles. The average Bonchev–Trinajstić information content (AvgIpc) is 3.91. The van der Waals surface area contributed by atoms with Gasteiger partial charge in [-0.3, -0.25) is 34.1 Å². The molecule has 19 heteroatoms. The maximum Gasteiger partial charge on any atom is 0.272 e. The number of imide groups is 1. The normalized spacial score (nSPS) is 19.4. The van der Waals surface area contributed by atoms with E-state index in [1.807, 2.05) is 41.4 Å². The van der Waals surface area contributed by atoms with Crippen molar-refractivity contribution >= 4 is 64.5 Å². The van der Waals surface area contributed by atoms with Crippen molar-refractivity contribution in [2.75, 3.05) is 54.4 Å². The molecule has 68 heavy (non-hydrogen) atoms. The molecule has 1 unspecified atom stereocenters. The fourth-order valence-electron chi connectivity index (χ4n) is 9.78. The molecule has 1 spiro atoms. The quantitative estimate of drug-likeness (QED) is 0.0900. The minimum absolute atomic E-state index is 0.0272. The van der Waals surface area contributed by atoms with Crippen molar-refractivity contribution in [2.24, 2.45) is 11.1 Å². The molecule has 4 saturated heterocycles. The number of nitrogens with two attached hydrogens (primary N) is 1. The third-order valence-corrected chi connectivity index (χ3v) is 14.7. The Morgan fingerprint density at radius 2 is 1.65 bits per heavy atom. The Labute approximate surface area is 399 Å². The second-order valence-electron chi connectivity index (χ2n) is 19.2. The van der Waals surface area contributed by atoms with E-state index in [1.165, 1.54) is 16.7 Å². The van der Waals surface area contributed by atoms with Gasteiger partial charge in [-0.05, 0) is 93.0 Å². The van der Waals surface area contributed by atoms with Gasteiger partial charge < -0.3 is 36.0 Å². The average molecular weight is 943 g/mol. The van der Waals surface area contributed by atoms with Gasteiger partial charge in [0.05, 0.1) is 12.4 Å². The number of hydrogen-bond acceptors (Lipinski definition) is 14. The zero-order valence-electron chi connectivity index (χ0n) is 38.4. The standard InChI is InChI=1S/C49H58N12O6S/c1-48(50)17-20-58(21-18-48)40-26-52-43(27-51-40)68-35-8-6-7-34(24-35)54-41(62)9-4-2-3-5-10-44(64)60-30-49(31-60)19-22-59(29-49)39-15-13-37(56-57-39)45(65)53-25-32-11-12-36-33(23-32)28-61(47(36)67)38-14-16-42(63)55-46(38)66/h6-8,11-13,15,23-24,26-27,38H,2-5,9-10,14,16-22,25,28-31,50H2,1H3,(H,53,65)(H,54,62)(H,55,63,66). The Hall–Kier alpha value is -6.47. The van der Waals surface area contributed by atoms with Crippen LogP contribution in [0, 0.1) is 5.41 Å². The van der Waals surface area contributed by atoms with Crippen LogP contribution >= 0.6 is 11.8 Å². The van der Waals surface area contributed by atoms with Crippen LogP contribution < -0.4 is 31.5 Å². The van der Waals surface area contributed by atoms with Gasteiger partial charge >= 0.3 is 0 Å². The molecular weight excluding hydrogens is 885 g/mol. The smallest absolute Gasteiger partial charge is 0.272 e. The molecule has 0 radical (unpaired) electrons. The summed E-state index contributed by atoms with van der Waals surface area (Å²) in [5, 5.41) is 17.6. The van der Waals surface area contributed by atoms with Gasteiger partial charge in [0.1, 0.15) is 16.9 Å². The number of likely N-dealkylation sites (tertiary alicyclic amines) is 1. The molecule has 0 saturated carbocycles. The molecule has 9 rings (SSSR count). The molecule has 5 N–H and O–H groups in total. The predicted molar refractivity (Wildman–Crippen MR) is 255 cm³/mol. The summed E-state index contributed by atoms with van der Waals surface area (Å²) >= 11 is 1.50. The molecule has 0 aliphatic carbocycles. The maximum atomic E-state index is 13.0. The molecular formula is C49H58N12O6S. The number of carbonyl (C=O) groups excluding carboxylic acids is 6. The highest BCUT2D eigenvalue weighted by Crippen LogP contribution is 2.41. The first-order valence-corrected chi connectivity index (χ1v) is 24.5. The summed E-state index contributed by atoms with van der Waals surface area (Å²) in [5.74, 6) is 0.286. The van der Waals surface area contributed by atoms with E-state index < -0.39 is 11.9 Å². The van der Waals surface area contributed by atoms with Crippen molar-refractivity contribution in [1.82, 2.24) is 40.6 Å². The number of hydrogen-bond donors (Lipinski definition) is 4. The van der Waals surface area contributed by atoms with E-state index >= 15 is 0 Å². The van der Waals surface area contributed by atoms with Crippen LogP contribution in [0.3, 0.4) is 0 Å². The van der Waals surface area contributed by atoms with Gasteiger partial charge in [0, 0.05) is 98.7 Å².